The van der Waals surface area contributed by atoms with E-state index in [0.29, 0.717) is 25.8 Å². The van der Waals surface area contributed by atoms with Gasteiger partial charge in [-0.2, -0.15) is 0 Å². The Hall–Kier alpha value is -2.52. The molecule has 0 radical (unpaired) electrons. The molecule has 2 heterocycles. The zero-order valence-corrected chi connectivity index (χ0v) is 19.3. The van der Waals surface area contributed by atoms with E-state index in [-0.39, 0.29) is 18.4 Å². The Bertz CT molecular complexity index is 1160. The van der Waals surface area contributed by atoms with Gasteiger partial charge in [0, 0.05) is 22.5 Å². The van der Waals surface area contributed by atoms with Crippen LogP contribution < -0.4 is 5.32 Å². The second kappa shape index (κ2) is 9.74. The Morgan fingerprint density at radius 2 is 1.90 bits per heavy atom. The smallest absolute Gasteiger partial charge is 0.266 e. The number of hydrogen-bond acceptors (Lipinski definition) is 6. The highest BCUT2D eigenvalue weighted by Gasteiger charge is 2.33. The number of amides is 2. The molecular weight excluding hydrogens is 470 g/mol. The van der Waals surface area contributed by atoms with E-state index in [1.807, 2.05) is 54.6 Å². The molecule has 0 aliphatic carbocycles. The molecule has 2 aromatic carbocycles. The van der Waals surface area contributed by atoms with Crippen molar-refractivity contribution in [1.29, 1.82) is 0 Å². The van der Waals surface area contributed by atoms with Gasteiger partial charge in [0.25, 0.3) is 5.91 Å². The van der Waals surface area contributed by atoms with Gasteiger partial charge < -0.3 is 5.32 Å². The van der Waals surface area contributed by atoms with Crippen molar-refractivity contribution in [3.63, 3.8) is 0 Å². The summed E-state index contributed by atoms with van der Waals surface area (Å²) in [4.78, 5) is 32.3. The lowest BCUT2D eigenvalue weighted by Crippen LogP contribution is -2.36. The molecular formula is C22H16ClN3O2S3. The van der Waals surface area contributed by atoms with Crippen LogP contribution in [0.4, 0.5) is 5.13 Å². The summed E-state index contributed by atoms with van der Waals surface area (Å²) < 4.78 is 0.366. The van der Waals surface area contributed by atoms with Crippen LogP contribution in [0.5, 0.6) is 0 Å². The van der Waals surface area contributed by atoms with Gasteiger partial charge in [0.2, 0.25) is 5.91 Å². The molecule has 4 rings (SSSR count). The fourth-order valence-corrected chi connectivity index (χ4v) is 5.13. The first-order chi connectivity index (χ1) is 15.0. The molecule has 1 aliphatic heterocycles. The second-order valence-electron chi connectivity index (χ2n) is 6.66. The number of benzene rings is 2. The third-order valence-electron chi connectivity index (χ3n) is 4.36. The van der Waals surface area contributed by atoms with Gasteiger partial charge in [0.05, 0.1) is 4.91 Å². The monoisotopic (exact) mass is 485 g/mol. The minimum atomic E-state index is -0.343. The Kier molecular flexibility index (Phi) is 6.82. The predicted molar refractivity (Wildman–Crippen MR) is 131 cm³/mol. The van der Waals surface area contributed by atoms with Gasteiger partial charge in [-0.15, -0.1) is 11.3 Å². The summed E-state index contributed by atoms with van der Waals surface area (Å²) in [6.45, 7) is -0.150. The number of thioether (sulfide) groups is 1. The molecule has 3 aromatic rings. The fourth-order valence-electron chi connectivity index (χ4n) is 2.89. The Labute approximate surface area is 198 Å². The minimum absolute atomic E-state index is 0.150. The lowest BCUT2D eigenvalue weighted by Gasteiger charge is -2.13. The minimum Gasteiger partial charge on any atom is -0.300 e. The van der Waals surface area contributed by atoms with Gasteiger partial charge in [0.15, 0.2) is 5.13 Å². The van der Waals surface area contributed by atoms with Crippen LogP contribution in [-0.2, 0) is 16.0 Å². The number of rotatable bonds is 6. The van der Waals surface area contributed by atoms with Crippen molar-refractivity contribution in [2.24, 2.45) is 0 Å². The zero-order valence-electron chi connectivity index (χ0n) is 16.1. The van der Waals surface area contributed by atoms with Crippen molar-refractivity contribution in [1.82, 2.24) is 9.88 Å². The van der Waals surface area contributed by atoms with E-state index in [9.17, 15) is 9.59 Å². The maximum atomic E-state index is 12.7. The van der Waals surface area contributed by atoms with E-state index in [4.69, 9.17) is 23.8 Å². The molecule has 5 nitrogen and oxygen atoms in total. The SMILES string of the molecule is O=C(CN1C(=O)/C(=C\c2ccccc2)SC1=S)Nc1ncc(Cc2ccc(Cl)cc2)s1. The van der Waals surface area contributed by atoms with Crippen LogP contribution >= 0.6 is 46.9 Å². The van der Waals surface area contributed by atoms with Crippen LogP contribution in [0.3, 0.4) is 0 Å². The van der Waals surface area contributed by atoms with Gasteiger partial charge in [-0.25, -0.2) is 4.98 Å². The van der Waals surface area contributed by atoms with E-state index in [1.165, 1.54) is 28.0 Å². The van der Waals surface area contributed by atoms with Crippen molar-refractivity contribution in [3.05, 3.63) is 86.7 Å². The molecule has 31 heavy (non-hydrogen) atoms. The number of nitrogens with one attached hydrogen (secondary N) is 1. The molecule has 1 N–H and O–H groups in total. The van der Waals surface area contributed by atoms with Crippen LogP contribution in [0.1, 0.15) is 16.0 Å². The lowest BCUT2D eigenvalue weighted by molar-refractivity contribution is -0.126. The summed E-state index contributed by atoms with van der Waals surface area (Å²) in [5, 5.41) is 3.93. The number of hydrogen-bond donors (Lipinski definition) is 1. The van der Waals surface area contributed by atoms with Crippen molar-refractivity contribution in [3.8, 4) is 0 Å². The Balaban J connectivity index is 1.36. The molecule has 0 atom stereocenters. The van der Waals surface area contributed by atoms with Crippen LogP contribution in [0.2, 0.25) is 5.02 Å². The van der Waals surface area contributed by atoms with E-state index < -0.39 is 0 Å². The molecule has 156 valence electrons. The number of anilines is 1. The van der Waals surface area contributed by atoms with Crippen LogP contribution in [-0.4, -0.2) is 32.6 Å². The van der Waals surface area contributed by atoms with Gasteiger partial charge in [-0.1, -0.05) is 78.0 Å². The normalized spacial score (nSPS) is 15.0. The molecule has 1 aliphatic rings. The summed E-state index contributed by atoms with van der Waals surface area (Å²) in [5.41, 5.74) is 2.01. The maximum absolute atomic E-state index is 12.7. The summed E-state index contributed by atoms with van der Waals surface area (Å²) in [7, 11) is 0. The highest BCUT2D eigenvalue weighted by molar-refractivity contribution is 8.26. The van der Waals surface area contributed by atoms with E-state index in [2.05, 4.69) is 10.3 Å². The number of halogens is 1. The second-order valence-corrected chi connectivity index (χ2v) is 9.89. The highest BCUT2D eigenvalue weighted by Crippen LogP contribution is 2.32. The summed E-state index contributed by atoms with van der Waals surface area (Å²) in [6, 6.07) is 17.1. The first-order valence-corrected chi connectivity index (χ1v) is 11.7. The quantitative estimate of drug-likeness (QED) is 0.382. The molecule has 1 saturated heterocycles. The van der Waals surface area contributed by atoms with Crippen LogP contribution in [0, 0.1) is 0 Å². The molecule has 1 fully saturated rings. The largest absolute Gasteiger partial charge is 0.300 e. The van der Waals surface area contributed by atoms with Gasteiger partial charge in [-0.3, -0.25) is 14.5 Å². The highest BCUT2D eigenvalue weighted by atomic mass is 35.5. The Morgan fingerprint density at radius 3 is 2.65 bits per heavy atom. The number of carbonyl (C=O) groups excluding carboxylic acids is 2. The molecule has 0 bridgehead atoms. The van der Waals surface area contributed by atoms with E-state index in [1.54, 1.807) is 12.3 Å². The molecule has 0 unspecified atom stereocenters. The average molecular weight is 486 g/mol. The third kappa shape index (κ3) is 5.59. The fraction of sp³-hybridized carbons (Fsp3) is 0.0909. The van der Waals surface area contributed by atoms with E-state index >= 15 is 0 Å². The Morgan fingerprint density at radius 1 is 1.16 bits per heavy atom. The van der Waals surface area contributed by atoms with Crippen molar-refractivity contribution >= 4 is 74.3 Å². The first kappa shape index (κ1) is 21.7. The maximum Gasteiger partial charge on any atom is 0.266 e. The molecule has 9 heteroatoms. The van der Waals surface area contributed by atoms with Gasteiger partial charge in [-0.05, 0) is 29.3 Å². The summed E-state index contributed by atoms with van der Waals surface area (Å²) in [6.07, 6.45) is 4.21. The zero-order chi connectivity index (χ0) is 21.8. The van der Waals surface area contributed by atoms with Gasteiger partial charge in [0.1, 0.15) is 10.9 Å². The molecule has 0 saturated carbocycles. The lowest BCUT2D eigenvalue weighted by atomic mass is 10.1. The number of aromatic nitrogens is 1. The number of carbonyl (C=O) groups is 2. The molecule has 2 amide bonds. The van der Waals surface area contributed by atoms with Crippen molar-refractivity contribution < 1.29 is 9.59 Å². The third-order valence-corrected chi connectivity index (χ3v) is 6.91. The predicted octanol–water partition coefficient (Wildman–Crippen LogP) is 5.23. The molecule has 0 spiro atoms. The van der Waals surface area contributed by atoms with Crippen LogP contribution in [0.15, 0.2) is 65.7 Å². The number of thiazole rings is 1. The number of thiocarbonyl (C=S) groups is 1. The molecule has 1 aromatic heterocycles. The van der Waals surface area contributed by atoms with Crippen LogP contribution in [0.25, 0.3) is 6.08 Å². The topological polar surface area (TPSA) is 62.3 Å². The van der Waals surface area contributed by atoms with Crippen molar-refractivity contribution in [2.45, 2.75) is 6.42 Å². The number of nitrogens with zero attached hydrogens (tertiary/aromatic N) is 2. The summed E-state index contributed by atoms with van der Waals surface area (Å²) >= 11 is 13.8. The van der Waals surface area contributed by atoms with Gasteiger partial charge >= 0.3 is 0 Å². The first-order valence-electron chi connectivity index (χ1n) is 9.27. The van der Waals surface area contributed by atoms with E-state index in [0.717, 1.165) is 16.0 Å². The average Bonchev–Trinajstić information content (AvgIpc) is 3.29. The van der Waals surface area contributed by atoms with Crippen molar-refractivity contribution in [2.75, 3.05) is 11.9 Å². The standard InChI is InChI=1S/C22H16ClN3O2S3/c23-16-8-6-15(7-9-16)10-17-12-24-21(30-17)25-19(27)13-26-20(28)18(31-22(26)29)11-14-4-2-1-3-5-14/h1-9,11-12H,10,13H2,(H,24,25,27)/b18-11+. The summed E-state index contributed by atoms with van der Waals surface area (Å²) in [5.74, 6) is -0.610.